The standard InChI is InChI=1S/C12H19NO4Si/c1-2-5-17-12(16)13-9-18(6-3-4-7-18)8-10(13)11(14)15/h2,10H,1,3-9H2,(H,14,15). The highest BCUT2D eigenvalue weighted by Crippen LogP contribution is 2.40. The molecule has 2 saturated heterocycles. The maximum absolute atomic E-state index is 11.9. The van der Waals surface area contributed by atoms with E-state index in [4.69, 9.17) is 4.74 Å². The van der Waals surface area contributed by atoms with Crippen LogP contribution in [0.4, 0.5) is 4.79 Å². The van der Waals surface area contributed by atoms with Crippen molar-refractivity contribution in [1.82, 2.24) is 4.90 Å². The quantitative estimate of drug-likeness (QED) is 0.627. The van der Waals surface area contributed by atoms with Gasteiger partial charge in [-0.1, -0.05) is 37.6 Å². The summed E-state index contributed by atoms with van der Waals surface area (Å²) in [5.41, 5.74) is 0. The molecule has 1 amide bonds. The number of carbonyl (C=O) groups excluding carboxylic acids is 1. The van der Waals surface area contributed by atoms with Crippen LogP contribution in [0.25, 0.3) is 0 Å². The monoisotopic (exact) mass is 269 g/mol. The summed E-state index contributed by atoms with van der Waals surface area (Å²) in [6.07, 6.45) is 4.02. The number of rotatable bonds is 3. The predicted molar refractivity (Wildman–Crippen MR) is 69.1 cm³/mol. The van der Waals surface area contributed by atoms with Gasteiger partial charge in [0.1, 0.15) is 12.6 Å². The number of aliphatic carboxylic acids is 1. The SMILES string of the molecule is C=CCOC(=O)N1C[Si]2(CCCC2)CC1C(=O)O. The first-order chi connectivity index (χ1) is 8.58. The highest BCUT2D eigenvalue weighted by molar-refractivity contribution is 6.82. The molecule has 1 unspecified atom stereocenters. The van der Waals surface area contributed by atoms with Crippen molar-refractivity contribution in [2.45, 2.75) is 37.0 Å². The van der Waals surface area contributed by atoms with Crippen molar-refractivity contribution in [2.75, 3.05) is 12.8 Å². The van der Waals surface area contributed by atoms with Crippen molar-refractivity contribution < 1.29 is 19.4 Å². The molecule has 0 bridgehead atoms. The van der Waals surface area contributed by atoms with Crippen molar-refractivity contribution in [3.63, 3.8) is 0 Å². The second-order valence-corrected chi connectivity index (χ2v) is 9.98. The molecule has 1 N–H and O–H groups in total. The molecule has 0 aromatic rings. The lowest BCUT2D eigenvalue weighted by Crippen LogP contribution is -2.42. The van der Waals surface area contributed by atoms with Crippen molar-refractivity contribution in [3.05, 3.63) is 12.7 Å². The fourth-order valence-corrected chi connectivity index (χ4v) is 8.56. The first kappa shape index (κ1) is 13.1. The van der Waals surface area contributed by atoms with Crippen LogP contribution in [-0.4, -0.2) is 49.0 Å². The summed E-state index contributed by atoms with van der Waals surface area (Å²) in [7, 11) is -1.54. The smallest absolute Gasteiger partial charge is 0.410 e. The van der Waals surface area contributed by atoms with Crippen LogP contribution in [0, 0.1) is 0 Å². The molecule has 0 radical (unpaired) electrons. The summed E-state index contributed by atoms with van der Waals surface area (Å²) in [5.74, 6) is -0.901. The van der Waals surface area contributed by atoms with Crippen LogP contribution in [0.5, 0.6) is 0 Å². The van der Waals surface area contributed by atoms with Gasteiger partial charge in [-0.15, -0.1) is 0 Å². The van der Waals surface area contributed by atoms with Gasteiger partial charge in [-0.25, -0.2) is 9.59 Å². The molecule has 2 rings (SSSR count). The normalized spacial score (nSPS) is 25.3. The lowest BCUT2D eigenvalue weighted by Gasteiger charge is -2.22. The minimum Gasteiger partial charge on any atom is -0.480 e. The molecular formula is C12H19NO4Si. The largest absolute Gasteiger partial charge is 0.480 e. The molecule has 1 spiro atoms. The number of hydrogen-bond acceptors (Lipinski definition) is 3. The van der Waals surface area contributed by atoms with Crippen LogP contribution in [-0.2, 0) is 9.53 Å². The van der Waals surface area contributed by atoms with Gasteiger partial charge in [-0.3, -0.25) is 4.90 Å². The van der Waals surface area contributed by atoms with Gasteiger partial charge >= 0.3 is 12.1 Å². The van der Waals surface area contributed by atoms with E-state index < -0.39 is 26.2 Å². The lowest BCUT2D eigenvalue weighted by molar-refractivity contribution is -0.141. The molecule has 2 heterocycles. The molecule has 0 aromatic carbocycles. The molecule has 100 valence electrons. The molecule has 6 heteroatoms. The molecule has 1 atom stereocenters. The van der Waals surface area contributed by atoms with Gasteiger partial charge in [0.05, 0.1) is 8.07 Å². The third-order valence-electron chi connectivity index (χ3n) is 4.02. The Morgan fingerprint density at radius 1 is 1.44 bits per heavy atom. The van der Waals surface area contributed by atoms with E-state index in [9.17, 15) is 14.7 Å². The van der Waals surface area contributed by atoms with Crippen molar-refractivity contribution >= 4 is 20.1 Å². The third-order valence-corrected chi connectivity index (χ3v) is 9.11. The van der Waals surface area contributed by atoms with Gasteiger partial charge in [-0.05, 0) is 6.04 Å². The summed E-state index contributed by atoms with van der Waals surface area (Å²) in [5, 5.41) is 9.25. The summed E-state index contributed by atoms with van der Waals surface area (Å²) < 4.78 is 4.99. The molecule has 0 aliphatic carbocycles. The average molecular weight is 269 g/mol. The third kappa shape index (κ3) is 2.43. The number of nitrogens with zero attached hydrogens (tertiary/aromatic N) is 1. The van der Waals surface area contributed by atoms with Gasteiger partial charge in [0, 0.05) is 6.17 Å². The lowest BCUT2D eigenvalue weighted by atomic mass is 10.3. The fourth-order valence-electron chi connectivity index (χ4n) is 3.17. The van der Waals surface area contributed by atoms with Crippen molar-refractivity contribution in [2.24, 2.45) is 0 Å². The van der Waals surface area contributed by atoms with E-state index in [0.29, 0.717) is 12.2 Å². The van der Waals surface area contributed by atoms with E-state index in [2.05, 4.69) is 6.58 Å². The Kier molecular flexibility index (Phi) is 3.75. The zero-order valence-corrected chi connectivity index (χ0v) is 11.4. The molecular weight excluding hydrogens is 250 g/mol. The minimum absolute atomic E-state index is 0.135. The van der Waals surface area contributed by atoms with E-state index in [-0.39, 0.29) is 6.61 Å². The van der Waals surface area contributed by atoms with E-state index in [1.165, 1.54) is 23.8 Å². The molecule has 2 fully saturated rings. The zero-order valence-electron chi connectivity index (χ0n) is 10.4. The molecule has 0 aromatic heterocycles. The summed E-state index contributed by atoms with van der Waals surface area (Å²) in [4.78, 5) is 24.6. The van der Waals surface area contributed by atoms with E-state index in [1.54, 1.807) is 0 Å². The summed E-state index contributed by atoms with van der Waals surface area (Å²) in [6.45, 7) is 3.62. The van der Waals surface area contributed by atoms with Crippen LogP contribution in [0.3, 0.4) is 0 Å². The molecule has 2 aliphatic heterocycles. The van der Waals surface area contributed by atoms with Gasteiger partial charge in [0.25, 0.3) is 0 Å². The number of carbonyl (C=O) groups is 2. The Morgan fingerprint density at radius 3 is 2.67 bits per heavy atom. The van der Waals surface area contributed by atoms with E-state index in [1.807, 2.05) is 0 Å². The maximum Gasteiger partial charge on any atom is 0.410 e. The Balaban J connectivity index is 2.09. The average Bonchev–Trinajstić information content (AvgIpc) is 2.94. The first-order valence-corrected chi connectivity index (χ1v) is 9.18. The second kappa shape index (κ2) is 5.13. The number of carboxylic acids is 1. The van der Waals surface area contributed by atoms with Crippen LogP contribution >= 0.6 is 0 Å². The Bertz CT molecular complexity index is 365. The summed E-state index contributed by atoms with van der Waals surface area (Å²) >= 11 is 0. The maximum atomic E-state index is 11.9. The predicted octanol–water partition coefficient (Wildman–Crippen LogP) is 1.86. The number of ether oxygens (including phenoxy) is 1. The molecule has 18 heavy (non-hydrogen) atoms. The Labute approximate surface area is 107 Å². The topological polar surface area (TPSA) is 66.8 Å². The zero-order chi connectivity index (χ0) is 13.2. The molecule has 5 nitrogen and oxygen atoms in total. The highest BCUT2D eigenvalue weighted by atomic mass is 28.3. The van der Waals surface area contributed by atoms with Crippen LogP contribution in [0.15, 0.2) is 12.7 Å². The van der Waals surface area contributed by atoms with Crippen molar-refractivity contribution in [3.8, 4) is 0 Å². The van der Waals surface area contributed by atoms with Gasteiger partial charge in [0.2, 0.25) is 0 Å². The number of hydrogen-bond donors (Lipinski definition) is 1. The summed E-state index contributed by atoms with van der Waals surface area (Å²) in [6, 6.07) is 2.34. The first-order valence-electron chi connectivity index (χ1n) is 6.35. The highest BCUT2D eigenvalue weighted by Gasteiger charge is 2.51. The second-order valence-electron chi connectivity index (χ2n) is 5.26. The number of amides is 1. The molecule has 2 aliphatic rings. The minimum atomic E-state index is -1.54. The number of carboxylic acid groups (broad SMARTS) is 1. The van der Waals surface area contributed by atoms with Gasteiger partial charge < -0.3 is 9.84 Å². The van der Waals surface area contributed by atoms with E-state index >= 15 is 0 Å². The van der Waals surface area contributed by atoms with Gasteiger partial charge in [0.15, 0.2) is 0 Å². The van der Waals surface area contributed by atoms with Gasteiger partial charge in [-0.2, -0.15) is 0 Å². The van der Waals surface area contributed by atoms with E-state index in [0.717, 1.165) is 12.1 Å². The molecule has 0 saturated carbocycles. The Hall–Kier alpha value is -1.30. The fraction of sp³-hybridized carbons (Fsp3) is 0.667. The van der Waals surface area contributed by atoms with Crippen LogP contribution in [0.2, 0.25) is 18.1 Å². The Morgan fingerprint density at radius 2 is 2.11 bits per heavy atom. The van der Waals surface area contributed by atoms with Crippen molar-refractivity contribution in [1.29, 1.82) is 0 Å². The van der Waals surface area contributed by atoms with Crippen LogP contribution in [0.1, 0.15) is 12.8 Å². The van der Waals surface area contributed by atoms with Crippen LogP contribution < -0.4 is 0 Å².